The number of H-pyrrole nitrogens is 1. The number of aromatic nitrogens is 4. The fourth-order valence-electron chi connectivity index (χ4n) is 0.937. The second-order valence-corrected chi connectivity index (χ2v) is 3.59. The van der Waals surface area contributed by atoms with Gasteiger partial charge in [0.25, 0.3) is 5.69 Å². The third-order valence-corrected chi connectivity index (χ3v) is 2.45. The Morgan fingerprint density at radius 1 is 1.33 bits per heavy atom. The molecule has 0 saturated carbocycles. The summed E-state index contributed by atoms with van der Waals surface area (Å²) in [6, 6.07) is 6.14. The number of nitro benzene ring substituents is 1. The van der Waals surface area contributed by atoms with E-state index in [9.17, 15) is 10.1 Å². The summed E-state index contributed by atoms with van der Waals surface area (Å²) in [5, 5.41) is 24.1. The van der Waals surface area contributed by atoms with E-state index < -0.39 is 4.92 Å². The van der Waals surface area contributed by atoms with Gasteiger partial charge in [-0.05, 0) is 29.1 Å². The molecule has 0 spiro atoms. The average molecular weight is 223 g/mol. The first-order valence-electron chi connectivity index (χ1n) is 3.91. The summed E-state index contributed by atoms with van der Waals surface area (Å²) in [7, 11) is 0. The van der Waals surface area contributed by atoms with Crippen molar-refractivity contribution >= 4 is 17.4 Å². The molecule has 2 rings (SSSR count). The predicted octanol–water partition coefficient (Wildman–Crippen LogP) is 1.26. The van der Waals surface area contributed by atoms with E-state index in [4.69, 9.17) is 0 Å². The molecule has 0 bridgehead atoms. The Labute approximate surface area is 88.0 Å². The first-order chi connectivity index (χ1) is 7.25. The summed E-state index contributed by atoms with van der Waals surface area (Å²) < 4.78 is 0. The lowest BCUT2D eigenvalue weighted by atomic mass is 10.3. The lowest BCUT2D eigenvalue weighted by molar-refractivity contribution is -0.384. The number of tetrazole rings is 1. The molecule has 15 heavy (non-hydrogen) atoms. The molecular weight excluding hydrogens is 218 g/mol. The number of nitrogens with one attached hydrogen (secondary N) is 1. The minimum Gasteiger partial charge on any atom is -0.258 e. The molecule has 0 unspecified atom stereocenters. The molecule has 2 aromatic rings. The summed E-state index contributed by atoms with van der Waals surface area (Å²) in [6.45, 7) is 0. The van der Waals surface area contributed by atoms with Gasteiger partial charge >= 0.3 is 0 Å². The highest BCUT2D eigenvalue weighted by atomic mass is 32.2. The quantitative estimate of drug-likeness (QED) is 0.621. The lowest BCUT2D eigenvalue weighted by Gasteiger charge is -1.95. The Bertz CT molecular complexity index is 455. The zero-order valence-corrected chi connectivity index (χ0v) is 8.14. The predicted molar refractivity (Wildman–Crippen MR) is 51.4 cm³/mol. The van der Waals surface area contributed by atoms with Crippen LogP contribution in [0.5, 0.6) is 0 Å². The van der Waals surface area contributed by atoms with E-state index in [2.05, 4.69) is 20.6 Å². The standard InChI is InChI=1S/C7H5N5O2S/c13-12(14)5-1-3-6(4-2-5)15-7-8-10-11-9-7/h1-4H,(H,8,9,10,11). The van der Waals surface area contributed by atoms with Gasteiger partial charge in [0.1, 0.15) is 0 Å². The van der Waals surface area contributed by atoms with Crippen LogP contribution in [0.4, 0.5) is 5.69 Å². The minimum atomic E-state index is -0.442. The van der Waals surface area contributed by atoms with Crippen LogP contribution < -0.4 is 0 Å². The molecule has 0 aliphatic carbocycles. The van der Waals surface area contributed by atoms with Crippen molar-refractivity contribution in [1.82, 2.24) is 20.6 Å². The third kappa shape index (κ3) is 2.29. The highest BCUT2D eigenvalue weighted by Crippen LogP contribution is 2.25. The molecule has 1 heterocycles. The molecule has 0 aliphatic heterocycles. The second kappa shape index (κ2) is 4.05. The van der Waals surface area contributed by atoms with Crippen molar-refractivity contribution in [1.29, 1.82) is 0 Å². The molecule has 1 N–H and O–H groups in total. The maximum Gasteiger partial charge on any atom is 0.269 e. The molecule has 0 atom stereocenters. The van der Waals surface area contributed by atoms with Crippen LogP contribution in [0, 0.1) is 10.1 Å². The molecule has 8 heteroatoms. The Kier molecular flexibility index (Phi) is 2.59. The van der Waals surface area contributed by atoms with Gasteiger partial charge in [-0.3, -0.25) is 10.1 Å². The van der Waals surface area contributed by atoms with Gasteiger partial charge in [-0.25, -0.2) is 0 Å². The Balaban J connectivity index is 2.14. The van der Waals surface area contributed by atoms with Crippen molar-refractivity contribution in [3.8, 4) is 0 Å². The minimum absolute atomic E-state index is 0.0625. The van der Waals surface area contributed by atoms with Crippen molar-refractivity contribution in [2.24, 2.45) is 0 Å². The Morgan fingerprint density at radius 3 is 2.60 bits per heavy atom. The molecule has 0 radical (unpaired) electrons. The zero-order valence-electron chi connectivity index (χ0n) is 7.32. The van der Waals surface area contributed by atoms with Crippen molar-refractivity contribution in [3.05, 3.63) is 34.4 Å². The second-order valence-electron chi connectivity index (χ2n) is 2.55. The van der Waals surface area contributed by atoms with Gasteiger partial charge in [0, 0.05) is 17.0 Å². The molecule has 1 aromatic carbocycles. The van der Waals surface area contributed by atoms with Crippen molar-refractivity contribution in [3.63, 3.8) is 0 Å². The molecule has 1 aromatic heterocycles. The normalized spacial score (nSPS) is 10.1. The first kappa shape index (κ1) is 9.59. The average Bonchev–Trinajstić information content (AvgIpc) is 2.71. The highest BCUT2D eigenvalue weighted by molar-refractivity contribution is 7.99. The smallest absolute Gasteiger partial charge is 0.258 e. The van der Waals surface area contributed by atoms with Crippen molar-refractivity contribution < 1.29 is 4.92 Å². The lowest BCUT2D eigenvalue weighted by Crippen LogP contribution is -1.86. The van der Waals surface area contributed by atoms with E-state index in [1.165, 1.54) is 23.9 Å². The van der Waals surface area contributed by atoms with Crippen LogP contribution in [0.3, 0.4) is 0 Å². The number of nitrogens with zero attached hydrogens (tertiary/aromatic N) is 4. The summed E-state index contributed by atoms with van der Waals surface area (Å²) >= 11 is 1.28. The summed E-state index contributed by atoms with van der Waals surface area (Å²) in [5.41, 5.74) is 0.0625. The molecule has 0 aliphatic rings. The topological polar surface area (TPSA) is 97.6 Å². The van der Waals surface area contributed by atoms with Crippen LogP contribution >= 0.6 is 11.8 Å². The molecule has 7 nitrogen and oxygen atoms in total. The Morgan fingerprint density at radius 2 is 2.07 bits per heavy atom. The zero-order chi connectivity index (χ0) is 10.7. The maximum atomic E-state index is 10.4. The van der Waals surface area contributed by atoms with E-state index >= 15 is 0 Å². The SMILES string of the molecule is O=[N+]([O-])c1ccc(Sc2nn[nH]n2)cc1. The van der Waals surface area contributed by atoms with Gasteiger partial charge in [0.2, 0.25) is 5.16 Å². The first-order valence-corrected chi connectivity index (χ1v) is 4.73. The van der Waals surface area contributed by atoms with Crippen LogP contribution in [-0.2, 0) is 0 Å². The summed E-state index contributed by atoms with van der Waals surface area (Å²) in [4.78, 5) is 10.8. The van der Waals surface area contributed by atoms with Gasteiger partial charge in [-0.15, -0.1) is 10.2 Å². The number of nitro groups is 1. The van der Waals surface area contributed by atoms with Gasteiger partial charge in [0.05, 0.1) is 4.92 Å². The van der Waals surface area contributed by atoms with Crippen LogP contribution in [0.25, 0.3) is 0 Å². The van der Waals surface area contributed by atoms with Crippen molar-refractivity contribution in [2.75, 3.05) is 0 Å². The molecular formula is C7H5N5O2S. The number of aromatic amines is 1. The van der Waals surface area contributed by atoms with Crippen molar-refractivity contribution in [2.45, 2.75) is 10.1 Å². The van der Waals surface area contributed by atoms with Crippen LogP contribution in [0.1, 0.15) is 0 Å². The number of hydrogen-bond donors (Lipinski definition) is 1. The van der Waals surface area contributed by atoms with Gasteiger partial charge in [0.15, 0.2) is 0 Å². The fraction of sp³-hybridized carbons (Fsp3) is 0. The molecule has 0 fully saturated rings. The number of benzene rings is 1. The Hall–Kier alpha value is -1.96. The van der Waals surface area contributed by atoms with Gasteiger partial charge < -0.3 is 0 Å². The van der Waals surface area contributed by atoms with Gasteiger partial charge in [-0.2, -0.15) is 5.21 Å². The summed E-state index contributed by atoms with van der Waals surface area (Å²) in [5.74, 6) is 0. The number of rotatable bonds is 3. The summed E-state index contributed by atoms with van der Waals surface area (Å²) in [6.07, 6.45) is 0. The van der Waals surface area contributed by atoms with Gasteiger partial charge in [-0.1, -0.05) is 0 Å². The van der Waals surface area contributed by atoms with E-state index in [1.54, 1.807) is 12.1 Å². The largest absolute Gasteiger partial charge is 0.269 e. The van der Waals surface area contributed by atoms with E-state index in [-0.39, 0.29) is 5.69 Å². The number of non-ortho nitro benzene ring substituents is 1. The highest BCUT2D eigenvalue weighted by Gasteiger charge is 2.06. The fourth-order valence-corrected chi connectivity index (χ4v) is 1.59. The third-order valence-electron chi connectivity index (χ3n) is 1.58. The van der Waals surface area contributed by atoms with Crippen LogP contribution in [0.15, 0.2) is 34.3 Å². The van der Waals surface area contributed by atoms with Crippen LogP contribution in [0.2, 0.25) is 0 Å². The van der Waals surface area contributed by atoms with Crippen LogP contribution in [-0.4, -0.2) is 25.5 Å². The molecule has 0 saturated heterocycles. The van der Waals surface area contributed by atoms with E-state index in [1.807, 2.05) is 0 Å². The molecule has 0 amide bonds. The monoisotopic (exact) mass is 223 g/mol. The number of hydrogen-bond acceptors (Lipinski definition) is 6. The van der Waals surface area contributed by atoms with E-state index in [0.717, 1.165) is 4.90 Å². The molecule has 76 valence electrons. The van der Waals surface area contributed by atoms with E-state index in [0.29, 0.717) is 5.16 Å². The maximum absolute atomic E-state index is 10.4.